The summed E-state index contributed by atoms with van der Waals surface area (Å²) in [4.78, 5) is 0. The molecule has 100 valence electrons. The molecule has 0 aromatic heterocycles. The smallest absolute Gasteiger partial charge is 0.161 e. The Hall–Kier alpha value is -0.410. The Morgan fingerprint density at radius 2 is 1.89 bits per heavy atom. The van der Waals surface area contributed by atoms with E-state index in [-0.39, 0.29) is 5.38 Å². The van der Waals surface area contributed by atoms with Crippen molar-refractivity contribution in [3.8, 4) is 11.5 Å². The number of benzene rings is 1. The van der Waals surface area contributed by atoms with Gasteiger partial charge in [-0.05, 0) is 30.0 Å². The molecule has 1 aliphatic carbocycles. The summed E-state index contributed by atoms with van der Waals surface area (Å²) in [5.74, 6) is 2.24. The fourth-order valence-corrected chi connectivity index (χ4v) is 3.42. The molecular formula is C14H18BrClO2. The van der Waals surface area contributed by atoms with Crippen LogP contribution < -0.4 is 9.47 Å². The zero-order valence-corrected chi connectivity index (χ0v) is 13.1. The zero-order chi connectivity index (χ0) is 13.1. The van der Waals surface area contributed by atoms with Gasteiger partial charge in [0.25, 0.3) is 0 Å². The van der Waals surface area contributed by atoms with E-state index in [1.807, 2.05) is 12.1 Å². The number of ether oxygens (including phenoxy) is 2. The lowest BCUT2D eigenvalue weighted by Crippen LogP contribution is -2.13. The van der Waals surface area contributed by atoms with E-state index < -0.39 is 0 Å². The van der Waals surface area contributed by atoms with Gasteiger partial charge in [0.2, 0.25) is 0 Å². The number of hydrogen-bond donors (Lipinski definition) is 0. The number of alkyl halides is 1. The van der Waals surface area contributed by atoms with Gasteiger partial charge < -0.3 is 9.47 Å². The van der Waals surface area contributed by atoms with E-state index in [4.69, 9.17) is 21.1 Å². The average Bonchev–Trinajstić information content (AvgIpc) is 2.33. The predicted octanol–water partition coefficient (Wildman–Crippen LogP) is 4.94. The lowest BCUT2D eigenvalue weighted by Gasteiger charge is -2.28. The van der Waals surface area contributed by atoms with Crippen molar-refractivity contribution in [1.29, 1.82) is 0 Å². The molecule has 0 spiro atoms. The first kappa shape index (κ1) is 14.0. The number of rotatable bonds is 5. The SMILES string of the molecule is COc1cc(Br)c(C(Cl)CC2CCC2)cc1OC. The lowest BCUT2D eigenvalue weighted by molar-refractivity contribution is 0.293. The Morgan fingerprint density at radius 3 is 2.39 bits per heavy atom. The fourth-order valence-electron chi connectivity index (χ4n) is 2.26. The van der Waals surface area contributed by atoms with Crippen molar-refractivity contribution in [2.24, 2.45) is 5.92 Å². The number of hydrogen-bond acceptors (Lipinski definition) is 2. The molecule has 0 saturated heterocycles. The third-order valence-corrected chi connectivity index (χ3v) is 4.71. The van der Waals surface area contributed by atoms with Gasteiger partial charge in [-0.1, -0.05) is 35.2 Å². The highest BCUT2D eigenvalue weighted by Gasteiger charge is 2.24. The minimum atomic E-state index is 0.0319. The van der Waals surface area contributed by atoms with Crippen molar-refractivity contribution in [3.63, 3.8) is 0 Å². The van der Waals surface area contributed by atoms with Crippen molar-refractivity contribution in [3.05, 3.63) is 22.2 Å². The van der Waals surface area contributed by atoms with E-state index in [9.17, 15) is 0 Å². The standard InChI is InChI=1S/C14H18BrClO2/c1-17-13-7-10(11(15)8-14(13)18-2)12(16)6-9-4-3-5-9/h7-9,12H,3-6H2,1-2H3. The molecule has 0 radical (unpaired) electrons. The maximum atomic E-state index is 6.52. The van der Waals surface area contributed by atoms with Crippen molar-refractivity contribution in [2.75, 3.05) is 14.2 Å². The first-order valence-corrected chi connectivity index (χ1v) is 7.44. The maximum absolute atomic E-state index is 6.52. The Labute approximate surface area is 122 Å². The van der Waals surface area contributed by atoms with Crippen LogP contribution in [-0.4, -0.2) is 14.2 Å². The van der Waals surface area contributed by atoms with Crippen molar-refractivity contribution < 1.29 is 9.47 Å². The average molecular weight is 334 g/mol. The van der Waals surface area contributed by atoms with E-state index in [2.05, 4.69) is 15.9 Å². The normalized spacial score (nSPS) is 17.1. The lowest BCUT2D eigenvalue weighted by atomic mass is 9.81. The molecule has 1 fully saturated rings. The van der Waals surface area contributed by atoms with Gasteiger partial charge in [0.05, 0.1) is 19.6 Å². The second-order valence-electron chi connectivity index (χ2n) is 4.73. The van der Waals surface area contributed by atoms with Crippen LogP contribution in [0.2, 0.25) is 0 Å². The summed E-state index contributed by atoms with van der Waals surface area (Å²) in [5.41, 5.74) is 1.08. The Balaban J connectivity index is 2.20. The van der Waals surface area contributed by atoms with Crippen molar-refractivity contribution in [2.45, 2.75) is 31.1 Å². The molecule has 1 atom stereocenters. The molecule has 2 nitrogen and oxygen atoms in total. The van der Waals surface area contributed by atoms with Crippen LogP contribution in [0.15, 0.2) is 16.6 Å². The highest BCUT2D eigenvalue weighted by atomic mass is 79.9. The Morgan fingerprint density at radius 1 is 1.28 bits per heavy atom. The second-order valence-corrected chi connectivity index (χ2v) is 6.11. The summed E-state index contributed by atoms with van der Waals surface area (Å²) in [6, 6.07) is 3.89. The topological polar surface area (TPSA) is 18.5 Å². The molecule has 0 heterocycles. The van der Waals surface area contributed by atoms with Gasteiger partial charge in [-0.2, -0.15) is 0 Å². The summed E-state index contributed by atoms with van der Waals surface area (Å²) >= 11 is 10.1. The molecule has 1 aromatic rings. The summed E-state index contributed by atoms with van der Waals surface area (Å²) in [6.07, 6.45) is 5.01. The molecule has 18 heavy (non-hydrogen) atoms. The first-order valence-electron chi connectivity index (χ1n) is 6.21. The van der Waals surface area contributed by atoms with Crippen molar-refractivity contribution in [1.82, 2.24) is 0 Å². The molecule has 1 aliphatic rings. The molecule has 1 unspecified atom stereocenters. The van der Waals surface area contributed by atoms with E-state index in [1.165, 1.54) is 19.3 Å². The maximum Gasteiger partial charge on any atom is 0.161 e. The van der Waals surface area contributed by atoms with Crippen LogP contribution in [0, 0.1) is 5.92 Å². The van der Waals surface area contributed by atoms with Gasteiger partial charge in [0.15, 0.2) is 11.5 Å². The molecule has 1 saturated carbocycles. The molecule has 4 heteroatoms. The van der Waals surface area contributed by atoms with Crippen LogP contribution in [0.25, 0.3) is 0 Å². The predicted molar refractivity (Wildman–Crippen MR) is 77.8 cm³/mol. The largest absolute Gasteiger partial charge is 0.493 e. The minimum Gasteiger partial charge on any atom is -0.493 e. The minimum absolute atomic E-state index is 0.0319. The molecule has 2 rings (SSSR count). The van der Waals surface area contributed by atoms with Gasteiger partial charge in [0, 0.05) is 4.47 Å². The van der Waals surface area contributed by atoms with Crippen LogP contribution in [0.5, 0.6) is 11.5 Å². The van der Waals surface area contributed by atoms with E-state index in [0.717, 1.165) is 33.9 Å². The fraction of sp³-hybridized carbons (Fsp3) is 0.571. The summed E-state index contributed by atoms with van der Waals surface area (Å²) in [5, 5.41) is 0.0319. The van der Waals surface area contributed by atoms with Crippen LogP contribution in [0.3, 0.4) is 0 Å². The Bertz CT molecular complexity index is 419. The van der Waals surface area contributed by atoms with E-state index in [0.29, 0.717) is 0 Å². The molecule has 0 amide bonds. The summed E-state index contributed by atoms with van der Waals surface area (Å²) < 4.78 is 11.6. The highest BCUT2D eigenvalue weighted by molar-refractivity contribution is 9.10. The molecular weight excluding hydrogens is 316 g/mol. The number of methoxy groups -OCH3 is 2. The monoisotopic (exact) mass is 332 g/mol. The first-order chi connectivity index (χ1) is 8.65. The zero-order valence-electron chi connectivity index (χ0n) is 10.7. The third kappa shape index (κ3) is 2.94. The van der Waals surface area contributed by atoms with Crippen molar-refractivity contribution >= 4 is 27.5 Å². The van der Waals surface area contributed by atoms with Gasteiger partial charge >= 0.3 is 0 Å². The highest BCUT2D eigenvalue weighted by Crippen LogP contribution is 2.43. The second kappa shape index (κ2) is 6.16. The molecule has 0 bridgehead atoms. The molecule has 0 N–H and O–H groups in total. The Kier molecular flexibility index (Phi) is 4.79. The van der Waals surface area contributed by atoms with Gasteiger partial charge in [-0.3, -0.25) is 0 Å². The van der Waals surface area contributed by atoms with Gasteiger partial charge in [0.1, 0.15) is 0 Å². The van der Waals surface area contributed by atoms with Crippen LogP contribution in [0.4, 0.5) is 0 Å². The number of halogens is 2. The van der Waals surface area contributed by atoms with E-state index >= 15 is 0 Å². The summed E-state index contributed by atoms with van der Waals surface area (Å²) in [7, 11) is 3.28. The van der Waals surface area contributed by atoms with Gasteiger partial charge in [-0.15, -0.1) is 11.6 Å². The van der Waals surface area contributed by atoms with Crippen LogP contribution in [-0.2, 0) is 0 Å². The molecule has 1 aromatic carbocycles. The van der Waals surface area contributed by atoms with E-state index in [1.54, 1.807) is 14.2 Å². The van der Waals surface area contributed by atoms with Gasteiger partial charge in [-0.25, -0.2) is 0 Å². The third-order valence-electron chi connectivity index (χ3n) is 3.61. The van der Waals surface area contributed by atoms with Crippen LogP contribution in [0.1, 0.15) is 36.6 Å². The summed E-state index contributed by atoms with van der Waals surface area (Å²) in [6.45, 7) is 0. The molecule has 0 aliphatic heterocycles. The quantitative estimate of drug-likeness (QED) is 0.711. The van der Waals surface area contributed by atoms with Crippen LogP contribution >= 0.6 is 27.5 Å².